The second-order valence-electron chi connectivity index (χ2n) is 6.17. The molecule has 0 spiro atoms. The molecule has 0 saturated carbocycles. The molecule has 6 heteroatoms. The van der Waals surface area contributed by atoms with Gasteiger partial charge in [0.05, 0.1) is 10.7 Å². The first kappa shape index (κ1) is 16.9. The van der Waals surface area contributed by atoms with Crippen LogP contribution in [0.25, 0.3) is 0 Å². The Hall–Kier alpha value is -1.95. The van der Waals surface area contributed by atoms with Crippen LogP contribution in [0, 0.1) is 6.92 Å². The van der Waals surface area contributed by atoms with Crippen molar-refractivity contribution in [2.75, 3.05) is 18.0 Å². The van der Waals surface area contributed by atoms with E-state index in [1.165, 1.54) is 24.2 Å². The molecule has 1 fully saturated rings. The number of nitrogens with zero attached hydrogens (tertiary/aromatic N) is 3. The Labute approximate surface area is 147 Å². The molecule has 0 atom stereocenters. The summed E-state index contributed by atoms with van der Waals surface area (Å²) in [7, 11) is 0. The molecular weight excluding hydrogens is 320 g/mol. The molecule has 1 aliphatic rings. The Kier molecular flexibility index (Phi) is 5.45. The van der Waals surface area contributed by atoms with Crippen molar-refractivity contribution in [3.63, 3.8) is 0 Å². The van der Waals surface area contributed by atoms with Gasteiger partial charge in [-0.25, -0.2) is 9.97 Å². The summed E-state index contributed by atoms with van der Waals surface area (Å²) in [6.45, 7) is 6.69. The second kappa shape index (κ2) is 7.75. The fourth-order valence-electron chi connectivity index (χ4n) is 2.90. The van der Waals surface area contributed by atoms with Crippen LogP contribution in [0.5, 0.6) is 0 Å². The number of aromatic nitrogens is 2. The SMILES string of the molecule is CCCc1nc(C)c(C(=O)NCc2ccc(N3CCCC3)nc2)s1. The highest BCUT2D eigenvalue weighted by molar-refractivity contribution is 7.13. The number of carbonyl (C=O) groups excluding carboxylic acids is 1. The van der Waals surface area contributed by atoms with E-state index in [0.717, 1.165) is 52.9 Å². The van der Waals surface area contributed by atoms with Gasteiger partial charge in [-0.2, -0.15) is 0 Å². The molecule has 3 heterocycles. The van der Waals surface area contributed by atoms with Crippen LogP contribution in [0.4, 0.5) is 5.82 Å². The van der Waals surface area contributed by atoms with Crippen molar-refractivity contribution in [2.45, 2.75) is 46.1 Å². The molecule has 1 saturated heterocycles. The average molecular weight is 344 g/mol. The highest BCUT2D eigenvalue weighted by Gasteiger charge is 2.15. The van der Waals surface area contributed by atoms with E-state index >= 15 is 0 Å². The minimum atomic E-state index is -0.0454. The molecular formula is C18H24N4OS. The van der Waals surface area contributed by atoms with Crippen LogP contribution in [0.3, 0.4) is 0 Å². The summed E-state index contributed by atoms with van der Waals surface area (Å²) in [5.74, 6) is 0.987. The lowest BCUT2D eigenvalue weighted by molar-refractivity contribution is 0.0954. The number of anilines is 1. The van der Waals surface area contributed by atoms with E-state index in [1.807, 2.05) is 25.3 Å². The standard InChI is InChI=1S/C18H24N4OS/c1-3-6-16-21-13(2)17(24-16)18(23)20-12-14-7-8-15(19-11-14)22-9-4-5-10-22/h7-8,11H,3-6,9-10,12H2,1-2H3,(H,20,23). The van der Waals surface area contributed by atoms with Gasteiger partial charge in [-0.05, 0) is 44.2 Å². The van der Waals surface area contributed by atoms with Gasteiger partial charge in [-0.3, -0.25) is 4.79 Å². The molecule has 5 nitrogen and oxygen atoms in total. The number of hydrogen-bond donors (Lipinski definition) is 1. The molecule has 1 aliphatic heterocycles. The summed E-state index contributed by atoms with van der Waals surface area (Å²) in [5, 5.41) is 4.02. The molecule has 2 aromatic rings. The zero-order chi connectivity index (χ0) is 16.9. The van der Waals surface area contributed by atoms with Gasteiger partial charge in [0.25, 0.3) is 5.91 Å². The average Bonchev–Trinajstić information content (AvgIpc) is 3.23. The monoisotopic (exact) mass is 344 g/mol. The second-order valence-corrected chi connectivity index (χ2v) is 7.26. The number of nitrogens with one attached hydrogen (secondary N) is 1. The van der Waals surface area contributed by atoms with E-state index < -0.39 is 0 Å². The van der Waals surface area contributed by atoms with E-state index in [-0.39, 0.29) is 5.91 Å². The molecule has 3 rings (SSSR count). The molecule has 1 amide bonds. The van der Waals surface area contributed by atoms with Crippen molar-refractivity contribution in [3.8, 4) is 0 Å². The Bertz CT molecular complexity index is 690. The van der Waals surface area contributed by atoms with Crippen LogP contribution in [0.2, 0.25) is 0 Å². The highest BCUT2D eigenvalue weighted by atomic mass is 32.1. The van der Waals surface area contributed by atoms with E-state index in [1.54, 1.807) is 0 Å². The lowest BCUT2D eigenvalue weighted by Gasteiger charge is -2.16. The largest absolute Gasteiger partial charge is 0.357 e. The minimum Gasteiger partial charge on any atom is -0.357 e. The lowest BCUT2D eigenvalue weighted by atomic mass is 10.2. The van der Waals surface area contributed by atoms with Crippen molar-refractivity contribution in [3.05, 3.63) is 39.5 Å². The van der Waals surface area contributed by atoms with Gasteiger partial charge < -0.3 is 10.2 Å². The minimum absolute atomic E-state index is 0.0454. The van der Waals surface area contributed by atoms with Crippen LogP contribution in [-0.4, -0.2) is 29.0 Å². The fraction of sp³-hybridized carbons (Fsp3) is 0.500. The summed E-state index contributed by atoms with van der Waals surface area (Å²) in [6.07, 6.45) is 6.32. The predicted molar refractivity (Wildman–Crippen MR) is 97.7 cm³/mol. The van der Waals surface area contributed by atoms with Crippen molar-refractivity contribution in [1.29, 1.82) is 0 Å². The molecule has 24 heavy (non-hydrogen) atoms. The Morgan fingerprint density at radius 2 is 2.12 bits per heavy atom. The van der Waals surface area contributed by atoms with Gasteiger partial charge >= 0.3 is 0 Å². The first-order valence-electron chi connectivity index (χ1n) is 8.61. The molecule has 0 unspecified atom stereocenters. The number of aryl methyl sites for hydroxylation is 2. The van der Waals surface area contributed by atoms with Crippen molar-refractivity contribution in [1.82, 2.24) is 15.3 Å². The maximum atomic E-state index is 12.4. The zero-order valence-electron chi connectivity index (χ0n) is 14.3. The van der Waals surface area contributed by atoms with Gasteiger partial charge in [-0.15, -0.1) is 11.3 Å². The summed E-state index contributed by atoms with van der Waals surface area (Å²) in [5.41, 5.74) is 1.84. The smallest absolute Gasteiger partial charge is 0.263 e. The molecule has 0 aliphatic carbocycles. The van der Waals surface area contributed by atoms with Crippen LogP contribution in [-0.2, 0) is 13.0 Å². The molecule has 0 bridgehead atoms. The van der Waals surface area contributed by atoms with Gasteiger partial charge in [0, 0.05) is 25.8 Å². The topological polar surface area (TPSA) is 58.1 Å². The highest BCUT2D eigenvalue weighted by Crippen LogP contribution is 2.20. The summed E-state index contributed by atoms with van der Waals surface area (Å²) >= 11 is 1.50. The van der Waals surface area contributed by atoms with Crippen molar-refractivity contribution < 1.29 is 4.79 Å². The third-order valence-corrected chi connectivity index (χ3v) is 5.42. The maximum absolute atomic E-state index is 12.4. The third kappa shape index (κ3) is 3.93. The Morgan fingerprint density at radius 3 is 2.79 bits per heavy atom. The summed E-state index contributed by atoms with van der Waals surface area (Å²) in [4.78, 5) is 24.4. The molecule has 1 N–H and O–H groups in total. The lowest BCUT2D eigenvalue weighted by Crippen LogP contribution is -2.23. The summed E-state index contributed by atoms with van der Waals surface area (Å²) in [6, 6.07) is 4.09. The maximum Gasteiger partial charge on any atom is 0.263 e. The third-order valence-electron chi connectivity index (χ3n) is 4.20. The predicted octanol–water partition coefficient (Wildman–Crippen LogP) is 3.33. The molecule has 2 aromatic heterocycles. The number of pyridine rings is 1. The number of thiazole rings is 1. The number of rotatable bonds is 6. The van der Waals surface area contributed by atoms with Gasteiger partial charge in [0.2, 0.25) is 0 Å². The van der Waals surface area contributed by atoms with Crippen LogP contribution >= 0.6 is 11.3 Å². The van der Waals surface area contributed by atoms with Crippen LogP contribution < -0.4 is 10.2 Å². The number of amides is 1. The number of carbonyl (C=O) groups is 1. The van der Waals surface area contributed by atoms with Crippen molar-refractivity contribution >= 4 is 23.1 Å². The first-order valence-corrected chi connectivity index (χ1v) is 9.43. The molecule has 0 aromatic carbocycles. The molecule has 128 valence electrons. The number of hydrogen-bond acceptors (Lipinski definition) is 5. The van der Waals surface area contributed by atoms with E-state index in [2.05, 4.69) is 27.1 Å². The van der Waals surface area contributed by atoms with Gasteiger partial charge in [0.1, 0.15) is 10.7 Å². The van der Waals surface area contributed by atoms with Crippen LogP contribution in [0.1, 0.15) is 52.1 Å². The van der Waals surface area contributed by atoms with E-state index in [4.69, 9.17) is 0 Å². The first-order chi connectivity index (χ1) is 11.7. The van der Waals surface area contributed by atoms with E-state index in [9.17, 15) is 4.79 Å². The van der Waals surface area contributed by atoms with Crippen molar-refractivity contribution in [2.24, 2.45) is 0 Å². The van der Waals surface area contributed by atoms with Crippen LogP contribution in [0.15, 0.2) is 18.3 Å². The molecule has 0 radical (unpaired) electrons. The van der Waals surface area contributed by atoms with Gasteiger partial charge in [-0.1, -0.05) is 13.0 Å². The quantitative estimate of drug-likeness (QED) is 0.873. The van der Waals surface area contributed by atoms with E-state index in [0.29, 0.717) is 6.54 Å². The normalized spacial score (nSPS) is 14.2. The zero-order valence-corrected chi connectivity index (χ0v) is 15.2. The summed E-state index contributed by atoms with van der Waals surface area (Å²) < 4.78 is 0. The van der Waals surface area contributed by atoms with Gasteiger partial charge in [0.15, 0.2) is 0 Å². The fourth-order valence-corrected chi connectivity index (χ4v) is 3.98. The Morgan fingerprint density at radius 1 is 1.33 bits per heavy atom. The Balaban J connectivity index is 1.57.